The van der Waals surface area contributed by atoms with Crippen LogP contribution < -0.4 is 25.8 Å². The van der Waals surface area contributed by atoms with Crippen LogP contribution >= 0.6 is 11.3 Å². The van der Waals surface area contributed by atoms with E-state index in [0.29, 0.717) is 22.2 Å². The van der Waals surface area contributed by atoms with E-state index in [1.165, 1.54) is 13.3 Å². The molecule has 26 heavy (non-hydrogen) atoms. The van der Waals surface area contributed by atoms with Crippen molar-refractivity contribution in [1.29, 1.82) is 0 Å². The van der Waals surface area contributed by atoms with Gasteiger partial charge in [-0.05, 0) is 25.0 Å². The summed E-state index contributed by atoms with van der Waals surface area (Å²) in [4.78, 5) is 27.0. The van der Waals surface area contributed by atoms with Crippen LogP contribution in [-0.2, 0) is 0 Å². The SMILES string of the molecule is CCC(CC)NC(=O)Nc1ccc(Oc2cnc(C(N)=O)s2)c(OC)c1. The number of carbonyl (C=O) groups is 2. The number of rotatable bonds is 8. The van der Waals surface area contributed by atoms with Crippen LogP contribution in [0.2, 0.25) is 0 Å². The summed E-state index contributed by atoms with van der Waals surface area (Å²) in [5.74, 6) is 0.248. The number of nitrogens with zero attached hydrogens (tertiary/aromatic N) is 1. The number of hydrogen-bond donors (Lipinski definition) is 3. The first-order chi connectivity index (χ1) is 12.5. The molecule has 4 N–H and O–H groups in total. The number of amides is 3. The highest BCUT2D eigenvalue weighted by atomic mass is 32.1. The quantitative estimate of drug-likeness (QED) is 0.651. The first-order valence-corrected chi connectivity index (χ1v) is 8.97. The number of anilines is 1. The molecule has 0 aliphatic carbocycles. The fourth-order valence-corrected chi connectivity index (χ4v) is 2.84. The summed E-state index contributed by atoms with van der Waals surface area (Å²) in [5, 5.41) is 6.24. The number of hydrogen-bond acceptors (Lipinski definition) is 6. The molecule has 1 heterocycles. The maximum absolute atomic E-state index is 12.0. The van der Waals surface area contributed by atoms with Gasteiger partial charge in [0.05, 0.1) is 13.3 Å². The van der Waals surface area contributed by atoms with Crippen molar-refractivity contribution in [2.45, 2.75) is 32.7 Å². The zero-order valence-electron chi connectivity index (χ0n) is 14.9. The van der Waals surface area contributed by atoms with E-state index in [1.54, 1.807) is 18.2 Å². The van der Waals surface area contributed by atoms with Gasteiger partial charge in [0.2, 0.25) is 5.06 Å². The summed E-state index contributed by atoms with van der Waals surface area (Å²) in [6.07, 6.45) is 3.14. The van der Waals surface area contributed by atoms with Crippen LogP contribution in [0.5, 0.6) is 16.6 Å². The molecule has 1 aromatic carbocycles. The van der Waals surface area contributed by atoms with Crippen molar-refractivity contribution in [3.05, 3.63) is 29.4 Å². The molecule has 0 aliphatic rings. The minimum atomic E-state index is -0.611. The highest BCUT2D eigenvalue weighted by molar-refractivity contribution is 7.15. The molecule has 2 rings (SSSR count). The van der Waals surface area contributed by atoms with Crippen molar-refractivity contribution >= 4 is 29.0 Å². The van der Waals surface area contributed by atoms with Crippen LogP contribution in [0.1, 0.15) is 36.5 Å². The zero-order valence-corrected chi connectivity index (χ0v) is 15.7. The molecule has 0 atom stereocenters. The number of carbonyl (C=O) groups excluding carboxylic acids is 2. The average Bonchev–Trinajstić information content (AvgIpc) is 3.09. The van der Waals surface area contributed by atoms with Gasteiger partial charge in [-0.25, -0.2) is 9.78 Å². The van der Waals surface area contributed by atoms with E-state index in [2.05, 4.69) is 15.6 Å². The molecule has 0 spiro atoms. The van der Waals surface area contributed by atoms with Crippen molar-refractivity contribution in [3.8, 4) is 16.6 Å². The highest BCUT2D eigenvalue weighted by Crippen LogP contribution is 2.35. The number of nitrogens with one attached hydrogen (secondary N) is 2. The predicted molar refractivity (Wildman–Crippen MR) is 100 cm³/mol. The van der Waals surface area contributed by atoms with E-state index < -0.39 is 5.91 Å². The van der Waals surface area contributed by atoms with Crippen LogP contribution in [0.4, 0.5) is 10.5 Å². The Labute approximate surface area is 155 Å². The second-order valence-electron chi connectivity index (χ2n) is 5.43. The Morgan fingerprint density at radius 3 is 2.58 bits per heavy atom. The average molecular weight is 378 g/mol. The molecule has 8 nitrogen and oxygen atoms in total. The van der Waals surface area contributed by atoms with Gasteiger partial charge in [-0.1, -0.05) is 25.2 Å². The van der Waals surface area contributed by atoms with Gasteiger partial charge in [0.1, 0.15) is 0 Å². The molecular formula is C17H22N4O4S. The van der Waals surface area contributed by atoms with E-state index in [9.17, 15) is 9.59 Å². The molecule has 140 valence electrons. The summed E-state index contributed by atoms with van der Waals surface area (Å²) in [6, 6.07) is 4.86. The molecule has 1 aromatic heterocycles. The monoisotopic (exact) mass is 378 g/mol. The van der Waals surface area contributed by atoms with Gasteiger partial charge in [-0.2, -0.15) is 0 Å². The van der Waals surface area contributed by atoms with Crippen molar-refractivity contribution < 1.29 is 19.1 Å². The largest absolute Gasteiger partial charge is 0.493 e. The highest BCUT2D eigenvalue weighted by Gasteiger charge is 2.13. The molecule has 0 aliphatic heterocycles. The first-order valence-electron chi connectivity index (χ1n) is 8.15. The van der Waals surface area contributed by atoms with Gasteiger partial charge in [-0.3, -0.25) is 4.79 Å². The standard InChI is InChI=1S/C17H22N4O4S/c1-4-10(5-2)20-17(23)21-11-6-7-12(13(8-11)24-3)25-14-9-19-16(26-14)15(18)22/h6-10H,4-5H2,1-3H3,(H2,18,22)(H2,20,21,23). The van der Waals surface area contributed by atoms with Gasteiger partial charge in [0, 0.05) is 17.8 Å². The van der Waals surface area contributed by atoms with Gasteiger partial charge >= 0.3 is 6.03 Å². The molecule has 9 heteroatoms. The lowest BCUT2D eigenvalue weighted by atomic mass is 10.2. The summed E-state index contributed by atoms with van der Waals surface area (Å²) < 4.78 is 11.0. The van der Waals surface area contributed by atoms with Crippen LogP contribution in [0, 0.1) is 0 Å². The van der Waals surface area contributed by atoms with E-state index >= 15 is 0 Å². The fourth-order valence-electron chi connectivity index (χ4n) is 2.20. The molecule has 0 bridgehead atoms. The van der Waals surface area contributed by atoms with Crippen LogP contribution in [0.3, 0.4) is 0 Å². The van der Waals surface area contributed by atoms with E-state index in [0.717, 1.165) is 24.2 Å². The Morgan fingerprint density at radius 2 is 2.00 bits per heavy atom. The van der Waals surface area contributed by atoms with Crippen LogP contribution in [0.15, 0.2) is 24.4 Å². The van der Waals surface area contributed by atoms with Gasteiger partial charge in [-0.15, -0.1) is 0 Å². The lowest BCUT2D eigenvalue weighted by molar-refractivity contribution is 0.1000. The maximum atomic E-state index is 12.0. The number of thiazole rings is 1. The minimum absolute atomic E-state index is 0.130. The number of aromatic nitrogens is 1. The van der Waals surface area contributed by atoms with Crippen molar-refractivity contribution in [2.24, 2.45) is 5.73 Å². The zero-order chi connectivity index (χ0) is 19.1. The Kier molecular flexibility index (Phi) is 6.79. The van der Waals surface area contributed by atoms with Crippen LogP contribution in [0.25, 0.3) is 0 Å². The molecule has 2 aromatic rings. The molecular weight excluding hydrogens is 356 g/mol. The van der Waals surface area contributed by atoms with E-state index in [1.807, 2.05) is 13.8 Å². The van der Waals surface area contributed by atoms with Gasteiger partial charge in [0.25, 0.3) is 5.91 Å². The number of nitrogens with two attached hydrogens (primary N) is 1. The Hall–Kier alpha value is -2.81. The number of urea groups is 1. The van der Waals surface area contributed by atoms with E-state index in [4.69, 9.17) is 15.2 Å². The number of ether oxygens (including phenoxy) is 2. The molecule has 0 radical (unpaired) electrons. The summed E-state index contributed by atoms with van der Waals surface area (Å²) in [7, 11) is 1.50. The van der Waals surface area contributed by atoms with Crippen molar-refractivity contribution in [2.75, 3.05) is 12.4 Å². The second-order valence-corrected chi connectivity index (χ2v) is 6.42. The summed E-state index contributed by atoms with van der Waals surface area (Å²) >= 11 is 1.04. The molecule has 0 saturated heterocycles. The number of primary amides is 1. The van der Waals surface area contributed by atoms with Gasteiger partial charge in [0.15, 0.2) is 16.5 Å². The number of methoxy groups -OCH3 is 1. The summed E-state index contributed by atoms with van der Waals surface area (Å²) in [6.45, 7) is 4.04. The molecule has 3 amide bonds. The lowest BCUT2D eigenvalue weighted by Crippen LogP contribution is -2.37. The smallest absolute Gasteiger partial charge is 0.319 e. The molecule has 0 saturated carbocycles. The Bertz CT molecular complexity index is 774. The minimum Gasteiger partial charge on any atom is -0.493 e. The predicted octanol–water partition coefficient (Wildman–Crippen LogP) is 3.35. The third kappa shape index (κ3) is 5.09. The third-order valence-corrected chi connectivity index (χ3v) is 4.54. The first kappa shape index (κ1) is 19.5. The maximum Gasteiger partial charge on any atom is 0.319 e. The molecule has 0 unspecified atom stereocenters. The Morgan fingerprint density at radius 1 is 1.27 bits per heavy atom. The Balaban J connectivity index is 2.08. The van der Waals surface area contributed by atoms with Gasteiger partial charge < -0.3 is 25.8 Å². The lowest BCUT2D eigenvalue weighted by Gasteiger charge is -2.16. The number of benzene rings is 1. The third-order valence-electron chi connectivity index (χ3n) is 3.65. The van der Waals surface area contributed by atoms with Crippen molar-refractivity contribution in [3.63, 3.8) is 0 Å². The summed E-state index contributed by atoms with van der Waals surface area (Å²) in [5.41, 5.74) is 5.75. The topological polar surface area (TPSA) is 116 Å². The van der Waals surface area contributed by atoms with Crippen LogP contribution in [-0.4, -0.2) is 30.1 Å². The molecule has 0 fully saturated rings. The van der Waals surface area contributed by atoms with E-state index in [-0.39, 0.29) is 17.1 Å². The van der Waals surface area contributed by atoms with Crippen molar-refractivity contribution in [1.82, 2.24) is 10.3 Å². The normalized spacial score (nSPS) is 10.5. The fraction of sp³-hybridized carbons (Fsp3) is 0.353. The second kappa shape index (κ2) is 9.04.